The molecule has 0 N–H and O–H groups in total. The molecule has 0 bridgehead atoms. The van der Waals surface area contributed by atoms with Crippen molar-refractivity contribution in [3.8, 4) is 11.5 Å². The van der Waals surface area contributed by atoms with Crippen LogP contribution in [0.15, 0.2) is 59.6 Å². The molecule has 3 aromatic carbocycles. The van der Waals surface area contributed by atoms with Gasteiger partial charge in [-0.05, 0) is 37.4 Å². The van der Waals surface area contributed by atoms with Crippen molar-refractivity contribution < 1.29 is 9.47 Å². The van der Waals surface area contributed by atoms with Crippen LogP contribution in [-0.2, 0) is 13.1 Å². The first kappa shape index (κ1) is 21.9. The summed E-state index contributed by atoms with van der Waals surface area (Å²) in [5.74, 6) is 2.49. The summed E-state index contributed by atoms with van der Waals surface area (Å²) < 4.78 is 16.9. The Kier molecular flexibility index (Phi) is 6.08. The number of para-hydroxylation sites is 1. The first-order chi connectivity index (χ1) is 16.2. The standard InChI is InChI=1S/C26H27N3O2S2/c1-5-28-20-9-7-6-8-18(20)19-14-17(10-11-21(19)28)27-26-29(12-13-32-4)22-15-23(30-2)24(31-3)16-25(22)33-26/h6-11,14-16H,5,12-13H2,1-4H3. The van der Waals surface area contributed by atoms with Crippen LogP contribution in [-0.4, -0.2) is 35.4 Å². The molecular formula is C26H27N3O2S2. The molecule has 2 heterocycles. The number of thioether (sulfide) groups is 1. The lowest BCUT2D eigenvalue weighted by molar-refractivity contribution is 0.355. The van der Waals surface area contributed by atoms with Gasteiger partial charge in [-0.2, -0.15) is 11.8 Å². The number of aromatic nitrogens is 2. The summed E-state index contributed by atoms with van der Waals surface area (Å²) in [6.07, 6.45) is 2.13. The average Bonchev–Trinajstić information content (AvgIpc) is 3.35. The fraction of sp³-hybridized carbons (Fsp3) is 0.269. The molecule has 0 saturated heterocycles. The predicted octanol–water partition coefficient (Wildman–Crippen LogP) is 6.44. The lowest BCUT2D eigenvalue weighted by atomic mass is 10.1. The number of benzene rings is 3. The van der Waals surface area contributed by atoms with Crippen molar-refractivity contribution >= 4 is 60.8 Å². The number of nitrogens with zero attached hydrogens (tertiary/aromatic N) is 3. The normalized spacial score (nSPS) is 12.3. The van der Waals surface area contributed by atoms with Gasteiger partial charge >= 0.3 is 0 Å². The van der Waals surface area contributed by atoms with Gasteiger partial charge in [-0.1, -0.05) is 29.5 Å². The van der Waals surface area contributed by atoms with E-state index in [4.69, 9.17) is 14.5 Å². The van der Waals surface area contributed by atoms with Gasteiger partial charge in [-0.3, -0.25) is 0 Å². The van der Waals surface area contributed by atoms with Gasteiger partial charge < -0.3 is 18.6 Å². The largest absolute Gasteiger partial charge is 0.493 e. The van der Waals surface area contributed by atoms with Crippen LogP contribution in [0, 0.1) is 0 Å². The Morgan fingerprint density at radius 2 is 1.64 bits per heavy atom. The Bertz CT molecular complexity index is 1530. The molecule has 0 aliphatic carbocycles. The molecular weight excluding hydrogens is 450 g/mol. The second kappa shape index (κ2) is 9.15. The van der Waals surface area contributed by atoms with Gasteiger partial charge in [0.15, 0.2) is 16.3 Å². The van der Waals surface area contributed by atoms with Gasteiger partial charge in [0.05, 0.1) is 30.1 Å². The highest BCUT2D eigenvalue weighted by Gasteiger charge is 2.13. The Balaban J connectivity index is 1.73. The number of aryl methyl sites for hydroxylation is 2. The van der Waals surface area contributed by atoms with Crippen LogP contribution < -0.4 is 14.3 Å². The minimum Gasteiger partial charge on any atom is -0.493 e. The zero-order valence-corrected chi connectivity index (χ0v) is 20.9. The Labute approximate surface area is 201 Å². The molecule has 0 aliphatic rings. The molecule has 0 aliphatic heterocycles. The van der Waals surface area contributed by atoms with Crippen LogP contribution in [0.3, 0.4) is 0 Å². The third-order valence-corrected chi connectivity index (χ3v) is 7.64. The third-order valence-electron chi connectivity index (χ3n) is 6.00. The fourth-order valence-corrected chi connectivity index (χ4v) is 5.90. The van der Waals surface area contributed by atoms with E-state index in [1.54, 1.807) is 25.6 Å². The Hall–Kier alpha value is -2.90. The molecule has 7 heteroatoms. The Morgan fingerprint density at radius 1 is 0.879 bits per heavy atom. The first-order valence-electron chi connectivity index (χ1n) is 11.0. The van der Waals surface area contributed by atoms with Crippen molar-refractivity contribution in [1.82, 2.24) is 9.13 Å². The highest BCUT2D eigenvalue weighted by molar-refractivity contribution is 7.98. The van der Waals surface area contributed by atoms with Crippen molar-refractivity contribution in [2.24, 2.45) is 4.99 Å². The number of hydrogen-bond donors (Lipinski definition) is 0. The van der Waals surface area contributed by atoms with E-state index in [1.165, 1.54) is 21.8 Å². The van der Waals surface area contributed by atoms with E-state index in [-0.39, 0.29) is 0 Å². The summed E-state index contributed by atoms with van der Waals surface area (Å²) in [7, 11) is 3.35. The van der Waals surface area contributed by atoms with Gasteiger partial charge in [-0.15, -0.1) is 0 Å². The Morgan fingerprint density at radius 3 is 2.39 bits per heavy atom. The second-order valence-electron chi connectivity index (χ2n) is 7.78. The summed E-state index contributed by atoms with van der Waals surface area (Å²) in [5.41, 5.74) is 4.60. The fourth-order valence-electron chi connectivity index (χ4n) is 4.44. The van der Waals surface area contributed by atoms with Crippen LogP contribution >= 0.6 is 23.1 Å². The van der Waals surface area contributed by atoms with Gasteiger partial charge in [0.25, 0.3) is 0 Å². The maximum atomic E-state index is 5.56. The quantitative estimate of drug-likeness (QED) is 0.271. The van der Waals surface area contributed by atoms with Gasteiger partial charge in [0.1, 0.15) is 0 Å². The smallest absolute Gasteiger partial charge is 0.190 e. The molecule has 5 rings (SSSR count). The topological polar surface area (TPSA) is 40.7 Å². The molecule has 170 valence electrons. The molecule has 0 radical (unpaired) electrons. The molecule has 0 fully saturated rings. The van der Waals surface area contributed by atoms with E-state index in [1.807, 2.05) is 17.8 Å². The van der Waals surface area contributed by atoms with Crippen LogP contribution in [0.4, 0.5) is 5.69 Å². The number of thiazole rings is 1. The SMILES string of the molecule is CCn1c2ccccc2c2cc(N=c3sc4cc(OC)c(OC)cc4n3CCSC)ccc21. The van der Waals surface area contributed by atoms with E-state index in [9.17, 15) is 0 Å². The van der Waals surface area contributed by atoms with E-state index in [0.29, 0.717) is 0 Å². The van der Waals surface area contributed by atoms with Crippen molar-refractivity contribution in [1.29, 1.82) is 0 Å². The summed E-state index contributed by atoms with van der Waals surface area (Å²) in [6.45, 7) is 4.01. The number of ether oxygens (including phenoxy) is 2. The highest BCUT2D eigenvalue weighted by atomic mass is 32.2. The third kappa shape index (κ3) is 3.79. The number of fused-ring (bicyclic) bond motifs is 4. The number of hydrogen-bond acceptors (Lipinski definition) is 5. The summed E-state index contributed by atoms with van der Waals surface area (Å²) in [4.78, 5) is 6.10. The molecule has 0 atom stereocenters. The number of methoxy groups -OCH3 is 2. The van der Waals surface area contributed by atoms with Gasteiger partial charge in [-0.25, -0.2) is 4.99 Å². The zero-order valence-electron chi connectivity index (χ0n) is 19.3. The van der Waals surface area contributed by atoms with E-state index < -0.39 is 0 Å². The first-order valence-corrected chi connectivity index (χ1v) is 13.2. The highest BCUT2D eigenvalue weighted by Crippen LogP contribution is 2.34. The lowest BCUT2D eigenvalue weighted by Gasteiger charge is -2.09. The molecule has 0 unspecified atom stereocenters. The molecule has 5 aromatic rings. The van der Waals surface area contributed by atoms with Crippen molar-refractivity contribution in [2.75, 3.05) is 26.2 Å². The van der Waals surface area contributed by atoms with Crippen LogP contribution in [0.5, 0.6) is 11.5 Å². The zero-order chi connectivity index (χ0) is 22.9. The molecule has 0 spiro atoms. The molecule has 0 saturated carbocycles. The van der Waals surface area contributed by atoms with Crippen molar-refractivity contribution in [3.05, 3.63) is 59.4 Å². The van der Waals surface area contributed by atoms with E-state index in [0.717, 1.165) is 51.0 Å². The predicted molar refractivity (Wildman–Crippen MR) is 142 cm³/mol. The number of rotatable bonds is 7. The average molecular weight is 478 g/mol. The molecule has 2 aromatic heterocycles. The molecule has 0 amide bonds. The monoisotopic (exact) mass is 477 g/mol. The molecule has 33 heavy (non-hydrogen) atoms. The summed E-state index contributed by atoms with van der Waals surface area (Å²) in [6, 6.07) is 19.2. The van der Waals surface area contributed by atoms with E-state index in [2.05, 4.69) is 70.8 Å². The van der Waals surface area contributed by atoms with Gasteiger partial charge in [0, 0.05) is 52.8 Å². The van der Waals surface area contributed by atoms with Crippen LogP contribution in [0.2, 0.25) is 0 Å². The van der Waals surface area contributed by atoms with Gasteiger partial charge in [0.2, 0.25) is 0 Å². The van der Waals surface area contributed by atoms with Crippen LogP contribution in [0.25, 0.3) is 32.0 Å². The maximum absolute atomic E-state index is 5.56. The van der Waals surface area contributed by atoms with Crippen LogP contribution in [0.1, 0.15) is 6.92 Å². The van der Waals surface area contributed by atoms with Crippen molar-refractivity contribution in [2.45, 2.75) is 20.0 Å². The lowest BCUT2D eigenvalue weighted by Crippen LogP contribution is -2.15. The second-order valence-corrected chi connectivity index (χ2v) is 9.77. The molecule has 5 nitrogen and oxygen atoms in total. The summed E-state index contributed by atoms with van der Waals surface area (Å²) >= 11 is 3.52. The minimum absolute atomic E-state index is 0.737. The summed E-state index contributed by atoms with van der Waals surface area (Å²) in [5, 5.41) is 2.52. The van der Waals surface area contributed by atoms with E-state index >= 15 is 0 Å². The minimum atomic E-state index is 0.737. The maximum Gasteiger partial charge on any atom is 0.190 e. The van der Waals surface area contributed by atoms with Crippen molar-refractivity contribution in [3.63, 3.8) is 0 Å².